The lowest BCUT2D eigenvalue weighted by molar-refractivity contribution is -0.140. The van der Waals surface area contributed by atoms with Crippen molar-refractivity contribution < 1.29 is 9.53 Å². The van der Waals surface area contributed by atoms with Gasteiger partial charge in [0.25, 0.3) is 0 Å². The second-order valence-electron chi connectivity index (χ2n) is 2.84. The predicted octanol–water partition coefficient (Wildman–Crippen LogP) is 0.891. The van der Waals surface area contributed by atoms with Crippen LogP contribution in [0, 0.1) is 0 Å². The number of ether oxygens (including phenoxy) is 1. The fourth-order valence-electron chi connectivity index (χ4n) is 0.799. The Bertz CT molecular complexity index is 113. The van der Waals surface area contributed by atoms with Crippen LogP contribution in [-0.2, 0) is 9.53 Å². The molecule has 0 aliphatic rings. The molecule has 0 aliphatic carbocycles. The van der Waals surface area contributed by atoms with Crippen LogP contribution in [0.2, 0.25) is 0 Å². The average molecular weight is 159 g/mol. The number of methoxy groups -OCH3 is 1. The molecule has 3 nitrogen and oxygen atoms in total. The second kappa shape index (κ2) is 6.16. The zero-order valence-electron chi connectivity index (χ0n) is 7.59. The van der Waals surface area contributed by atoms with E-state index in [1.807, 2.05) is 14.1 Å². The Morgan fingerprint density at radius 3 is 2.45 bits per heavy atom. The summed E-state index contributed by atoms with van der Waals surface area (Å²) in [4.78, 5) is 12.7. The zero-order chi connectivity index (χ0) is 8.69. The van der Waals surface area contributed by atoms with Crippen LogP contribution in [0.15, 0.2) is 0 Å². The molecular weight excluding hydrogens is 142 g/mol. The number of hydrogen-bond donors (Lipinski definition) is 0. The summed E-state index contributed by atoms with van der Waals surface area (Å²) in [5.74, 6) is -0.108. The topological polar surface area (TPSA) is 29.5 Å². The van der Waals surface area contributed by atoms with E-state index in [4.69, 9.17) is 0 Å². The van der Waals surface area contributed by atoms with Crippen molar-refractivity contribution in [3.8, 4) is 0 Å². The molecular formula is C8H17NO2. The summed E-state index contributed by atoms with van der Waals surface area (Å²) >= 11 is 0. The van der Waals surface area contributed by atoms with Crippen LogP contribution in [0.5, 0.6) is 0 Å². The van der Waals surface area contributed by atoms with Crippen molar-refractivity contribution in [3.63, 3.8) is 0 Å². The van der Waals surface area contributed by atoms with Gasteiger partial charge in [0.2, 0.25) is 0 Å². The highest BCUT2D eigenvalue weighted by Gasteiger charge is 1.98. The number of nitrogens with zero attached hydrogens (tertiary/aromatic N) is 1. The third-order valence-electron chi connectivity index (χ3n) is 1.46. The van der Waals surface area contributed by atoms with Crippen LogP contribution in [0.4, 0.5) is 0 Å². The van der Waals surface area contributed by atoms with Gasteiger partial charge in [-0.1, -0.05) is 0 Å². The number of carbonyl (C=O) groups is 1. The molecule has 0 rings (SSSR count). The maximum absolute atomic E-state index is 10.6. The molecule has 0 amide bonds. The molecule has 0 spiro atoms. The minimum Gasteiger partial charge on any atom is -0.469 e. The first-order valence-electron chi connectivity index (χ1n) is 3.88. The van der Waals surface area contributed by atoms with Gasteiger partial charge in [-0.15, -0.1) is 0 Å². The average Bonchev–Trinajstić information content (AvgIpc) is 1.97. The van der Waals surface area contributed by atoms with Gasteiger partial charge in [-0.3, -0.25) is 4.79 Å². The van der Waals surface area contributed by atoms with Gasteiger partial charge in [-0.2, -0.15) is 0 Å². The van der Waals surface area contributed by atoms with Gasteiger partial charge in [0.15, 0.2) is 0 Å². The SMILES string of the molecule is COC(=O)CCCCN(C)C. The molecule has 0 aromatic heterocycles. The highest BCUT2D eigenvalue weighted by Crippen LogP contribution is 1.97. The number of hydrogen-bond acceptors (Lipinski definition) is 3. The van der Waals surface area contributed by atoms with Crippen LogP contribution >= 0.6 is 0 Å². The highest BCUT2D eigenvalue weighted by atomic mass is 16.5. The Hall–Kier alpha value is -0.570. The van der Waals surface area contributed by atoms with Crippen molar-refractivity contribution in [2.24, 2.45) is 0 Å². The van der Waals surface area contributed by atoms with Gasteiger partial charge in [0.05, 0.1) is 7.11 Å². The molecule has 0 unspecified atom stereocenters. The third kappa shape index (κ3) is 7.33. The van der Waals surface area contributed by atoms with Crippen molar-refractivity contribution in [3.05, 3.63) is 0 Å². The Kier molecular flexibility index (Phi) is 5.84. The fourth-order valence-corrected chi connectivity index (χ4v) is 0.799. The maximum atomic E-state index is 10.6. The van der Waals surface area contributed by atoms with Gasteiger partial charge in [0.1, 0.15) is 0 Å². The van der Waals surface area contributed by atoms with E-state index in [1.165, 1.54) is 7.11 Å². The molecule has 0 saturated heterocycles. The van der Waals surface area contributed by atoms with E-state index in [9.17, 15) is 4.79 Å². The molecule has 11 heavy (non-hydrogen) atoms. The summed E-state index contributed by atoms with van der Waals surface area (Å²) in [5.41, 5.74) is 0. The molecule has 0 saturated carbocycles. The van der Waals surface area contributed by atoms with Gasteiger partial charge in [-0.05, 0) is 33.5 Å². The molecule has 0 fully saturated rings. The first-order chi connectivity index (χ1) is 5.16. The third-order valence-corrected chi connectivity index (χ3v) is 1.46. The summed E-state index contributed by atoms with van der Waals surface area (Å²) in [6, 6.07) is 0. The van der Waals surface area contributed by atoms with Crippen molar-refractivity contribution in [2.45, 2.75) is 19.3 Å². The largest absolute Gasteiger partial charge is 0.469 e. The lowest BCUT2D eigenvalue weighted by atomic mass is 10.2. The molecule has 0 bridgehead atoms. The van der Waals surface area contributed by atoms with E-state index >= 15 is 0 Å². The van der Waals surface area contributed by atoms with E-state index in [0.717, 1.165) is 19.4 Å². The van der Waals surface area contributed by atoms with E-state index in [1.54, 1.807) is 0 Å². The fraction of sp³-hybridized carbons (Fsp3) is 0.875. The van der Waals surface area contributed by atoms with Crippen molar-refractivity contribution in [1.29, 1.82) is 0 Å². The van der Waals surface area contributed by atoms with E-state index in [2.05, 4.69) is 9.64 Å². The van der Waals surface area contributed by atoms with E-state index < -0.39 is 0 Å². The number of unbranched alkanes of at least 4 members (excludes halogenated alkanes) is 1. The predicted molar refractivity (Wildman–Crippen MR) is 44.4 cm³/mol. The summed E-state index contributed by atoms with van der Waals surface area (Å²) in [7, 11) is 5.48. The molecule has 0 radical (unpaired) electrons. The van der Waals surface area contributed by atoms with Gasteiger partial charge in [0, 0.05) is 6.42 Å². The quantitative estimate of drug-likeness (QED) is 0.441. The van der Waals surface area contributed by atoms with E-state index in [0.29, 0.717) is 6.42 Å². The zero-order valence-corrected chi connectivity index (χ0v) is 7.59. The lowest BCUT2D eigenvalue weighted by Crippen LogP contribution is -2.13. The monoisotopic (exact) mass is 159 g/mol. The van der Waals surface area contributed by atoms with E-state index in [-0.39, 0.29) is 5.97 Å². The van der Waals surface area contributed by atoms with Gasteiger partial charge >= 0.3 is 5.97 Å². The molecule has 0 heterocycles. The number of rotatable bonds is 5. The Labute approximate surface area is 68.3 Å². The number of carbonyl (C=O) groups excluding carboxylic acids is 1. The molecule has 66 valence electrons. The summed E-state index contributed by atoms with van der Waals surface area (Å²) in [6.07, 6.45) is 2.53. The molecule has 3 heteroatoms. The van der Waals surface area contributed by atoms with Crippen molar-refractivity contribution in [1.82, 2.24) is 4.90 Å². The Morgan fingerprint density at radius 1 is 1.36 bits per heavy atom. The molecule has 0 aromatic carbocycles. The van der Waals surface area contributed by atoms with Crippen LogP contribution in [0.3, 0.4) is 0 Å². The van der Waals surface area contributed by atoms with Crippen LogP contribution in [-0.4, -0.2) is 38.6 Å². The second-order valence-corrected chi connectivity index (χ2v) is 2.84. The highest BCUT2D eigenvalue weighted by molar-refractivity contribution is 5.68. The first kappa shape index (κ1) is 10.4. The molecule has 0 aromatic rings. The summed E-state index contributed by atoms with van der Waals surface area (Å²) in [5, 5.41) is 0. The Morgan fingerprint density at radius 2 is 2.00 bits per heavy atom. The van der Waals surface area contributed by atoms with Crippen LogP contribution in [0.25, 0.3) is 0 Å². The summed E-state index contributed by atoms with van der Waals surface area (Å²) in [6.45, 7) is 1.04. The molecule has 0 atom stereocenters. The number of esters is 1. The smallest absolute Gasteiger partial charge is 0.305 e. The van der Waals surface area contributed by atoms with Gasteiger partial charge < -0.3 is 9.64 Å². The minimum absolute atomic E-state index is 0.108. The van der Waals surface area contributed by atoms with Crippen LogP contribution in [0.1, 0.15) is 19.3 Å². The first-order valence-corrected chi connectivity index (χ1v) is 3.88. The van der Waals surface area contributed by atoms with Crippen molar-refractivity contribution in [2.75, 3.05) is 27.7 Å². The lowest BCUT2D eigenvalue weighted by Gasteiger charge is -2.07. The Balaban J connectivity index is 3.08. The standard InChI is InChI=1S/C8H17NO2/c1-9(2)7-5-4-6-8(10)11-3/h4-7H2,1-3H3. The van der Waals surface area contributed by atoms with Crippen LogP contribution < -0.4 is 0 Å². The molecule has 0 N–H and O–H groups in total. The minimum atomic E-state index is -0.108. The maximum Gasteiger partial charge on any atom is 0.305 e. The van der Waals surface area contributed by atoms with Gasteiger partial charge in [-0.25, -0.2) is 0 Å². The van der Waals surface area contributed by atoms with Crippen molar-refractivity contribution >= 4 is 5.97 Å². The summed E-state index contributed by atoms with van der Waals surface area (Å²) < 4.78 is 4.50. The normalized spacial score (nSPS) is 10.2. The molecule has 0 aliphatic heterocycles.